The highest BCUT2D eigenvalue weighted by Gasteiger charge is 2.07. The van der Waals surface area contributed by atoms with Crippen LogP contribution in [0, 0.1) is 6.92 Å². The minimum Gasteiger partial charge on any atom is -0.313 e. The van der Waals surface area contributed by atoms with Gasteiger partial charge in [-0.05, 0) is 61.0 Å². The maximum Gasteiger partial charge on any atom is 0.192 e. The van der Waals surface area contributed by atoms with Gasteiger partial charge >= 0.3 is 0 Å². The van der Waals surface area contributed by atoms with Crippen LogP contribution >= 0.6 is 23.4 Å². The second kappa shape index (κ2) is 7.62. The first-order chi connectivity index (χ1) is 9.69. The van der Waals surface area contributed by atoms with Crippen molar-refractivity contribution in [3.8, 4) is 0 Å². The molecule has 0 saturated carbocycles. The van der Waals surface area contributed by atoms with Crippen LogP contribution in [-0.2, 0) is 6.54 Å². The van der Waals surface area contributed by atoms with Crippen LogP contribution in [0.2, 0.25) is 5.02 Å². The molecule has 1 aromatic heterocycles. The number of hydrogen-bond donors (Lipinski definition) is 1. The first kappa shape index (κ1) is 15.3. The van der Waals surface area contributed by atoms with Crippen molar-refractivity contribution in [1.82, 2.24) is 15.3 Å². The van der Waals surface area contributed by atoms with E-state index in [1.165, 1.54) is 5.56 Å². The van der Waals surface area contributed by atoms with E-state index < -0.39 is 0 Å². The zero-order valence-corrected chi connectivity index (χ0v) is 13.3. The summed E-state index contributed by atoms with van der Waals surface area (Å²) in [4.78, 5) is 9.80. The van der Waals surface area contributed by atoms with Gasteiger partial charge in [-0.3, -0.25) is 0 Å². The lowest BCUT2D eigenvalue weighted by Gasteiger charge is -2.10. The van der Waals surface area contributed by atoms with Crippen LogP contribution in [0.1, 0.15) is 24.5 Å². The fraction of sp³-hybridized carbons (Fsp3) is 0.333. The topological polar surface area (TPSA) is 37.8 Å². The molecule has 0 saturated heterocycles. The average Bonchev–Trinajstić information content (AvgIpc) is 2.44. The van der Waals surface area contributed by atoms with E-state index in [0.717, 1.165) is 40.1 Å². The lowest BCUT2D eigenvalue weighted by Crippen LogP contribution is -2.14. The van der Waals surface area contributed by atoms with Crippen LogP contribution in [0.25, 0.3) is 0 Å². The Kier molecular flexibility index (Phi) is 5.83. The van der Waals surface area contributed by atoms with Crippen molar-refractivity contribution < 1.29 is 0 Å². The third-order valence-electron chi connectivity index (χ3n) is 2.72. The average molecular weight is 308 g/mol. The summed E-state index contributed by atoms with van der Waals surface area (Å²) < 4.78 is 0. The highest BCUT2D eigenvalue weighted by Crippen LogP contribution is 2.29. The van der Waals surface area contributed by atoms with E-state index in [-0.39, 0.29) is 0 Å². The van der Waals surface area contributed by atoms with Crippen LogP contribution in [0.5, 0.6) is 0 Å². The van der Waals surface area contributed by atoms with Crippen LogP contribution in [0.3, 0.4) is 0 Å². The first-order valence-corrected chi connectivity index (χ1v) is 7.84. The molecule has 0 unspecified atom stereocenters. The van der Waals surface area contributed by atoms with Crippen molar-refractivity contribution in [1.29, 1.82) is 0 Å². The smallest absolute Gasteiger partial charge is 0.192 e. The summed E-state index contributed by atoms with van der Waals surface area (Å²) >= 11 is 7.65. The number of rotatable bonds is 6. The lowest BCUT2D eigenvalue weighted by atomic mass is 10.2. The molecule has 0 bridgehead atoms. The van der Waals surface area contributed by atoms with E-state index in [1.807, 2.05) is 37.5 Å². The summed E-state index contributed by atoms with van der Waals surface area (Å²) in [5.74, 6) is 0. The van der Waals surface area contributed by atoms with Crippen molar-refractivity contribution in [2.45, 2.75) is 36.9 Å². The van der Waals surface area contributed by atoms with Crippen molar-refractivity contribution in [2.24, 2.45) is 0 Å². The van der Waals surface area contributed by atoms with Gasteiger partial charge in [-0.1, -0.05) is 18.5 Å². The van der Waals surface area contributed by atoms with Crippen LogP contribution in [0.15, 0.2) is 40.6 Å². The molecule has 106 valence electrons. The fourth-order valence-electron chi connectivity index (χ4n) is 1.72. The van der Waals surface area contributed by atoms with Crippen molar-refractivity contribution in [3.05, 3.63) is 46.7 Å². The Balaban J connectivity index is 2.15. The van der Waals surface area contributed by atoms with Crippen LogP contribution in [-0.4, -0.2) is 16.5 Å². The van der Waals surface area contributed by atoms with Crippen LogP contribution < -0.4 is 5.32 Å². The third kappa shape index (κ3) is 4.47. The number of halogens is 1. The molecule has 0 fully saturated rings. The van der Waals surface area contributed by atoms with E-state index in [0.29, 0.717) is 0 Å². The van der Waals surface area contributed by atoms with Gasteiger partial charge in [0.25, 0.3) is 0 Å². The Morgan fingerprint density at radius 1 is 1.25 bits per heavy atom. The molecule has 0 amide bonds. The fourth-order valence-corrected chi connectivity index (χ4v) is 2.72. The predicted octanol–water partition coefficient (Wildman–Crippen LogP) is 4.09. The number of aromatic nitrogens is 2. The summed E-state index contributed by atoms with van der Waals surface area (Å²) in [6, 6.07) is 5.93. The largest absolute Gasteiger partial charge is 0.313 e. The van der Waals surface area contributed by atoms with Gasteiger partial charge in [0.05, 0.1) is 0 Å². The molecule has 2 aromatic rings. The molecule has 0 atom stereocenters. The predicted molar refractivity (Wildman–Crippen MR) is 84.3 cm³/mol. The van der Waals surface area contributed by atoms with E-state index >= 15 is 0 Å². The van der Waals surface area contributed by atoms with E-state index in [9.17, 15) is 0 Å². The number of hydrogen-bond acceptors (Lipinski definition) is 4. The maximum atomic E-state index is 6.09. The quantitative estimate of drug-likeness (QED) is 0.644. The zero-order chi connectivity index (χ0) is 14.4. The minimum absolute atomic E-state index is 0.757. The number of aryl methyl sites for hydroxylation is 1. The summed E-state index contributed by atoms with van der Waals surface area (Å²) in [7, 11) is 0. The van der Waals surface area contributed by atoms with Gasteiger partial charge in [-0.15, -0.1) is 0 Å². The summed E-state index contributed by atoms with van der Waals surface area (Å²) in [6.07, 6.45) is 4.78. The van der Waals surface area contributed by atoms with Crippen LogP contribution in [0.4, 0.5) is 0 Å². The Bertz CT molecular complexity index is 558. The van der Waals surface area contributed by atoms with Gasteiger partial charge in [0, 0.05) is 28.9 Å². The molecule has 20 heavy (non-hydrogen) atoms. The van der Waals surface area contributed by atoms with Gasteiger partial charge in [0.1, 0.15) is 0 Å². The molecule has 1 heterocycles. The van der Waals surface area contributed by atoms with E-state index in [4.69, 9.17) is 11.6 Å². The highest BCUT2D eigenvalue weighted by molar-refractivity contribution is 7.99. The summed E-state index contributed by atoms with van der Waals surface area (Å²) in [5.41, 5.74) is 2.25. The molecule has 1 N–H and O–H groups in total. The zero-order valence-electron chi connectivity index (χ0n) is 11.7. The molecule has 0 radical (unpaired) electrons. The normalized spacial score (nSPS) is 10.8. The number of nitrogens with one attached hydrogen (secondary N) is 1. The Hall–Kier alpha value is -1.10. The third-order valence-corrected chi connectivity index (χ3v) is 3.97. The molecule has 3 nitrogen and oxygen atoms in total. The van der Waals surface area contributed by atoms with Gasteiger partial charge < -0.3 is 5.32 Å². The Morgan fingerprint density at radius 3 is 2.70 bits per heavy atom. The molecule has 0 aliphatic rings. The highest BCUT2D eigenvalue weighted by atomic mass is 35.5. The van der Waals surface area contributed by atoms with Gasteiger partial charge in [0.2, 0.25) is 0 Å². The van der Waals surface area contributed by atoms with Gasteiger partial charge in [-0.2, -0.15) is 0 Å². The molecule has 2 rings (SSSR count). The lowest BCUT2D eigenvalue weighted by molar-refractivity contribution is 0.669. The number of benzene rings is 1. The maximum absolute atomic E-state index is 6.09. The van der Waals surface area contributed by atoms with Gasteiger partial charge in [0.15, 0.2) is 5.16 Å². The Morgan fingerprint density at radius 2 is 2.00 bits per heavy atom. The monoisotopic (exact) mass is 307 g/mol. The molecular formula is C15H18ClN3S. The SMILES string of the molecule is CCCNCc1cc(Cl)ccc1Sc1ncc(C)cn1. The van der Waals surface area contributed by atoms with E-state index in [1.54, 1.807) is 11.8 Å². The van der Waals surface area contributed by atoms with Crippen molar-refractivity contribution in [2.75, 3.05) is 6.54 Å². The first-order valence-electron chi connectivity index (χ1n) is 6.64. The molecule has 0 aliphatic heterocycles. The van der Waals surface area contributed by atoms with Crippen molar-refractivity contribution >= 4 is 23.4 Å². The number of nitrogens with zero attached hydrogens (tertiary/aromatic N) is 2. The van der Waals surface area contributed by atoms with Crippen molar-refractivity contribution in [3.63, 3.8) is 0 Å². The molecule has 1 aromatic carbocycles. The van der Waals surface area contributed by atoms with E-state index in [2.05, 4.69) is 22.2 Å². The second-order valence-corrected chi connectivity index (χ2v) is 6.02. The summed E-state index contributed by atoms with van der Waals surface area (Å²) in [5, 5.41) is 4.92. The minimum atomic E-state index is 0.757. The summed E-state index contributed by atoms with van der Waals surface area (Å²) in [6.45, 7) is 5.94. The molecule has 5 heteroatoms. The van der Waals surface area contributed by atoms with Gasteiger partial charge in [-0.25, -0.2) is 9.97 Å². The molecular weight excluding hydrogens is 290 g/mol. The molecule has 0 aliphatic carbocycles. The molecule has 0 spiro atoms. The standard InChI is InChI=1S/C15H18ClN3S/c1-3-6-17-10-12-7-13(16)4-5-14(12)20-15-18-8-11(2)9-19-15/h4-5,7-9,17H,3,6,10H2,1-2H3. The second-order valence-electron chi connectivity index (χ2n) is 4.57. The Labute approximate surface area is 129 Å².